The number of benzene rings is 2. The summed E-state index contributed by atoms with van der Waals surface area (Å²) in [5.41, 5.74) is 1.78. The van der Waals surface area contributed by atoms with Crippen molar-refractivity contribution in [1.82, 2.24) is 15.1 Å². The van der Waals surface area contributed by atoms with Gasteiger partial charge in [-0.15, -0.1) is 10.2 Å². The third-order valence-corrected chi connectivity index (χ3v) is 5.99. The van der Waals surface area contributed by atoms with Crippen molar-refractivity contribution in [3.05, 3.63) is 65.2 Å². The zero-order valence-electron chi connectivity index (χ0n) is 15.2. The lowest BCUT2D eigenvalue weighted by Gasteiger charge is -2.31. The number of rotatable bonds is 4. The predicted molar refractivity (Wildman–Crippen MR) is 106 cm³/mol. The quantitative estimate of drug-likeness (QED) is 0.681. The summed E-state index contributed by atoms with van der Waals surface area (Å²) in [5, 5.41) is 10.7. The van der Waals surface area contributed by atoms with Crippen molar-refractivity contribution < 1.29 is 9.53 Å². The first-order valence-corrected chi connectivity index (χ1v) is 9.88. The standard InChI is InChI=1S/C21H21N3O2S/c1-26-18-11-9-15(10-12-18)19-22-23-20(27-19)17-8-5-13-24(14-17)21(25)16-6-3-2-4-7-16/h2-4,6-7,9-12,17H,5,8,13-14H2,1H3. The van der Waals surface area contributed by atoms with E-state index in [0.717, 1.165) is 46.3 Å². The van der Waals surface area contributed by atoms with Crippen LogP contribution in [0.3, 0.4) is 0 Å². The summed E-state index contributed by atoms with van der Waals surface area (Å²) in [7, 11) is 1.66. The van der Waals surface area contributed by atoms with Crippen LogP contribution in [0.5, 0.6) is 5.75 Å². The average Bonchev–Trinajstić information content (AvgIpc) is 3.24. The molecule has 1 aliphatic rings. The van der Waals surface area contributed by atoms with Crippen LogP contribution in [0.2, 0.25) is 0 Å². The Bertz CT molecular complexity index is 909. The van der Waals surface area contributed by atoms with Gasteiger partial charge in [-0.2, -0.15) is 0 Å². The summed E-state index contributed by atoms with van der Waals surface area (Å²) in [5.74, 6) is 1.17. The van der Waals surface area contributed by atoms with Crippen molar-refractivity contribution in [3.8, 4) is 16.3 Å². The van der Waals surface area contributed by atoms with Crippen LogP contribution >= 0.6 is 11.3 Å². The van der Waals surface area contributed by atoms with Crippen LogP contribution in [0.1, 0.15) is 34.1 Å². The van der Waals surface area contributed by atoms with Crippen LogP contribution in [-0.4, -0.2) is 41.2 Å². The summed E-state index contributed by atoms with van der Waals surface area (Å²) < 4.78 is 5.21. The molecule has 6 heteroatoms. The maximum Gasteiger partial charge on any atom is 0.253 e. The summed E-state index contributed by atoms with van der Waals surface area (Å²) in [6.45, 7) is 1.50. The molecule has 1 atom stereocenters. The zero-order valence-corrected chi connectivity index (χ0v) is 16.0. The van der Waals surface area contributed by atoms with E-state index in [2.05, 4.69) is 10.2 Å². The second kappa shape index (κ2) is 7.88. The number of nitrogens with zero attached hydrogens (tertiary/aromatic N) is 3. The highest BCUT2D eigenvalue weighted by Gasteiger charge is 2.27. The number of piperidine rings is 1. The molecule has 0 aliphatic carbocycles. The number of carbonyl (C=O) groups excluding carboxylic acids is 1. The Morgan fingerprint density at radius 2 is 1.89 bits per heavy atom. The van der Waals surface area contributed by atoms with Gasteiger partial charge < -0.3 is 9.64 Å². The lowest BCUT2D eigenvalue weighted by Crippen LogP contribution is -2.39. The Labute approximate surface area is 162 Å². The first-order valence-electron chi connectivity index (χ1n) is 9.07. The number of hydrogen-bond acceptors (Lipinski definition) is 5. The number of likely N-dealkylation sites (tertiary alicyclic amines) is 1. The van der Waals surface area contributed by atoms with Gasteiger partial charge in [-0.05, 0) is 49.2 Å². The van der Waals surface area contributed by atoms with Crippen LogP contribution in [0.25, 0.3) is 10.6 Å². The van der Waals surface area contributed by atoms with Gasteiger partial charge >= 0.3 is 0 Å². The van der Waals surface area contributed by atoms with E-state index in [9.17, 15) is 4.79 Å². The fourth-order valence-electron chi connectivity index (χ4n) is 3.38. The fourth-order valence-corrected chi connectivity index (χ4v) is 4.35. The molecule has 2 aromatic carbocycles. The van der Waals surface area contributed by atoms with Gasteiger partial charge in [0.15, 0.2) is 0 Å². The molecule has 0 bridgehead atoms. The Kier molecular flexibility index (Phi) is 5.16. The minimum atomic E-state index is 0.0974. The molecule has 0 spiro atoms. The highest BCUT2D eigenvalue weighted by atomic mass is 32.1. The van der Waals surface area contributed by atoms with Gasteiger partial charge in [0, 0.05) is 30.1 Å². The molecule has 2 heterocycles. The molecule has 1 aliphatic heterocycles. The Morgan fingerprint density at radius 3 is 2.63 bits per heavy atom. The van der Waals surface area contributed by atoms with Crippen molar-refractivity contribution in [2.24, 2.45) is 0 Å². The first-order chi connectivity index (χ1) is 13.2. The lowest BCUT2D eigenvalue weighted by atomic mass is 9.98. The van der Waals surface area contributed by atoms with E-state index in [-0.39, 0.29) is 11.8 Å². The summed E-state index contributed by atoms with van der Waals surface area (Å²) >= 11 is 1.61. The van der Waals surface area contributed by atoms with E-state index in [4.69, 9.17) is 4.74 Å². The fraction of sp³-hybridized carbons (Fsp3) is 0.286. The predicted octanol–water partition coefficient (Wildman–Crippen LogP) is 4.23. The van der Waals surface area contributed by atoms with Crippen LogP contribution < -0.4 is 4.74 Å². The third kappa shape index (κ3) is 3.85. The maximum atomic E-state index is 12.7. The van der Waals surface area contributed by atoms with Crippen LogP contribution in [-0.2, 0) is 0 Å². The molecule has 138 valence electrons. The monoisotopic (exact) mass is 379 g/mol. The molecule has 1 aromatic heterocycles. The Hall–Kier alpha value is -2.73. The average molecular weight is 379 g/mol. The minimum absolute atomic E-state index is 0.0974. The van der Waals surface area contributed by atoms with E-state index in [1.807, 2.05) is 59.5 Å². The van der Waals surface area contributed by atoms with E-state index in [1.165, 1.54) is 0 Å². The number of carbonyl (C=O) groups is 1. The molecule has 4 rings (SSSR count). The molecule has 1 saturated heterocycles. The maximum absolute atomic E-state index is 12.7. The molecule has 0 saturated carbocycles. The van der Waals surface area contributed by atoms with Crippen molar-refractivity contribution in [3.63, 3.8) is 0 Å². The van der Waals surface area contributed by atoms with E-state index in [0.29, 0.717) is 6.54 Å². The Balaban J connectivity index is 1.48. The summed E-state index contributed by atoms with van der Waals surface area (Å²) in [6, 6.07) is 17.3. The van der Waals surface area contributed by atoms with Crippen LogP contribution in [0, 0.1) is 0 Å². The number of methoxy groups -OCH3 is 1. The van der Waals surface area contributed by atoms with E-state index < -0.39 is 0 Å². The van der Waals surface area contributed by atoms with Crippen molar-refractivity contribution in [1.29, 1.82) is 0 Å². The molecule has 3 aromatic rings. The van der Waals surface area contributed by atoms with Crippen LogP contribution in [0.15, 0.2) is 54.6 Å². The van der Waals surface area contributed by atoms with Gasteiger partial charge in [0.05, 0.1) is 7.11 Å². The second-order valence-corrected chi connectivity index (χ2v) is 7.64. The molecule has 0 radical (unpaired) electrons. The van der Waals surface area contributed by atoms with E-state index >= 15 is 0 Å². The van der Waals surface area contributed by atoms with Crippen molar-refractivity contribution >= 4 is 17.2 Å². The SMILES string of the molecule is COc1ccc(-c2nnc(C3CCCN(C(=O)c4ccccc4)C3)s2)cc1. The van der Waals surface area contributed by atoms with Gasteiger partial charge in [-0.25, -0.2) is 0 Å². The molecule has 1 fully saturated rings. The first kappa shape index (κ1) is 17.7. The molecule has 27 heavy (non-hydrogen) atoms. The van der Waals surface area contributed by atoms with Gasteiger partial charge in [-0.1, -0.05) is 29.5 Å². The normalized spacial score (nSPS) is 16.9. The lowest BCUT2D eigenvalue weighted by molar-refractivity contribution is 0.0707. The smallest absolute Gasteiger partial charge is 0.253 e. The molecule has 0 N–H and O–H groups in total. The largest absolute Gasteiger partial charge is 0.497 e. The van der Waals surface area contributed by atoms with Gasteiger partial charge in [0.1, 0.15) is 15.8 Å². The van der Waals surface area contributed by atoms with Crippen molar-refractivity contribution in [2.45, 2.75) is 18.8 Å². The topological polar surface area (TPSA) is 55.3 Å². The van der Waals surface area contributed by atoms with Gasteiger partial charge in [-0.3, -0.25) is 4.79 Å². The van der Waals surface area contributed by atoms with E-state index in [1.54, 1.807) is 18.4 Å². The number of ether oxygens (including phenoxy) is 1. The molecule has 1 unspecified atom stereocenters. The minimum Gasteiger partial charge on any atom is -0.497 e. The molecule has 5 nitrogen and oxygen atoms in total. The highest BCUT2D eigenvalue weighted by molar-refractivity contribution is 7.14. The Morgan fingerprint density at radius 1 is 1.11 bits per heavy atom. The zero-order chi connectivity index (χ0) is 18.6. The number of aromatic nitrogens is 2. The molecular weight excluding hydrogens is 358 g/mol. The molecular formula is C21H21N3O2S. The van der Waals surface area contributed by atoms with Gasteiger partial charge in [0.2, 0.25) is 0 Å². The highest BCUT2D eigenvalue weighted by Crippen LogP contribution is 2.33. The summed E-state index contributed by atoms with van der Waals surface area (Å²) in [6.07, 6.45) is 2.02. The molecule has 1 amide bonds. The van der Waals surface area contributed by atoms with Gasteiger partial charge in [0.25, 0.3) is 5.91 Å². The third-order valence-electron chi connectivity index (χ3n) is 4.86. The van der Waals surface area contributed by atoms with Crippen molar-refractivity contribution in [2.75, 3.05) is 20.2 Å². The second-order valence-electron chi connectivity index (χ2n) is 6.63. The number of amides is 1. The summed E-state index contributed by atoms with van der Waals surface area (Å²) in [4.78, 5) is 14.7. The van der Waals surface area contributed by atoms with Crippen LogP contribution in [0.4, 0.5) is 0 Å². The number of hydrogen-bond donors (Lipinski definition) is 0.